The van der Waals surface area contributed by atoms with E-state index in [1.54, 1.807) is 34.8 Å². The maximum Gasteiger partial charge on any atom is 0.238 e. The molecule has 0 spiro atoms. The Kier molecular flexibility index (Phi) is 6.35. The first-order valence-corrected chi connectivity index (χ1v) is 12.9. The largest absolute Gasteiger partial charge is 0.355 e. The summed E-state index contributed by atoms with van der Waals surface area (Å²) in [7, 11) is -3.68. The molecule has 9 heteroatoms. The summed E-state index contributed by atoms with van der Waals surface area (Å²) in [5.41, 5.74) is 2.26. The van der Waals surface area contributed by atoms with E-state index in [2.05, 4.69) is 39.2 Å². The molecular weight excluding hydrogens is 438 g/mol. The number of amides is 1. The van der Waals surface area contributed by atoms with Crippen LogP contribution in [0.15, 0.2) is 58.1 Å². The standard InChI is InChI=1S/C21H23N3O3S3/c22-30(26,27)16-5-3-15(4-6-16)7-10-23-20(25)14-24-11-8-18-17(9-13-29-18)21(24)19-2-1-12-28-19/h1-6,9,12-13,21H,7-8,10-11,14H2,(H,23,25)(H2,22,26,27)/t21-/m1/s1. The zero-order chi connectivity index (χ0) is 21.1. The van der Waals surface area contributed by atoms with Gasteiger partial charge in [-0.05, 0) is 59.0 Å². The highest BCUT2D eigenvalue weighted by Gasteiger charge is 2.31. The van der Waals surface area contributed by atoms with Gasteiger partial charge in [0, 0.05) is 22.8 Å². The van der Waals surface area contributed by atoms with E-state index < -0.39 is 10.0 Å². The van der Waals surface area contributed by atoms with Gasteiger partial charge >= 0.3 is 0 Å². The first kappa shape index (κ1) is 21.2. The van der Waals surface area contributed by atoms with E-state index >= 15 is 0 Å². The zero-order valence-electron chi connectivity index (χ0n) is 16.3. The molecule has 0 aliphatic carbocycles. The molecule has 3 N–H and O–H groups in total. The van der Waals surface area contributed by atoms with Crippen LogP contribution in [0, 0.1) is 0 Å². The number of nitrogens with one attached hydrogen (secondary N) is 1. The van der Waals surface area contributed by atoms with Crippen LogP contribution in [0.5, 0.6) is 0 Å². The van der Waals surface area contributed by atoms with E-state index in [0.717, 1.165) is 18.5 Å². The Balaban J connectivity index is 1.34. The molecule has 158 valence electrons. The van der Waals surface area contributed by atoms with Gasteiger partial charge in [0.1, 0.15) is 0 Å². The number of primary sulfonamides is 1. The van der Waals surface area contributed by atoms with Gasteiger partial charge in [-0.3, -0.25) is 9.69 Å². The third-order valence-corrected chi connectivity index (χ3v) is 8.06. The molecule has 6 nitrogen and oxygen atoms in total. The van der Waals surface area contributed by atoms with E-state index in [1.165, 1.54) is 27.5 Å². The second-order valence-corrected chi connectivity index (χ2v) is 10.8. The van der Waals surface area contributed by atoms with Crippen LogP contribution in [0.3, 0.4) is 0 Å². The van der Waals surface area contributed by atoms with E-state index in [9.17, 15) is 13.2 Å². The number of hydrogen-bond donors (Lipinski definition) is 2. The Bertz CT molecular complexity index is 1110. The topological polar surface area (TPSA) is 92.5 Å². The lowest BCUT2D eigenvalue weighted by Gasteiger charge is -2.34. The second kappa shape index (κ2) is 8.99. The van der Waals surface area contributed by atoms with Crippen molar-refractivity contribution in [1.29, 1.82) is 0 Å². The van der Waals surface area contributed by atoms with Crippen LogP contribution < -0.4 is 10.5 Å². The zero-order valence-corrected chi connectivity index (χ0v) is 18.7. The SMILES string of the molecule is NS(=O)(=O)c1ccc(CCNC(=O)CN2CCc3sccc3[C@@H]2c2cccs2)cc1. The number of rotatable bonds is 7. The quantitative estimate of drug-likeness (QED) is 0.566. The van der Waals surface area contributed by atoms with Crippen LogP contribution >= 0.6 is 22.7 Å². The van der Waals surface area contributed by atoms with E-state index in [1.807, 2.05) is 0 Å². The van der Waals surface area contributed by atoms with Gasteiger partial charge in [0.25, 0.3) is 0 Å². The van der Waals surface area contributed by atoms with Crippen LogP contribution in [-0.2, 0) is 27.7 Å². The van der Waals surface area contributed by atoms with Crippen molar-refractivity contribution in [3.8, 4) is 0 Å². The molecule has 0 saturated heterocycles. The van der Waals surface area contributed by atoms with Crippen molar-refractivity contribution in [1.82, 2.24) is 10.2 Å². The molecule has 3 heterocycles. The van der Waals surface area contributed by atoms with Crippen molar-refractivity contribution in [3.05, 3.63) is 74.1 Å². The normalized spacial score (nSPS) is 16.9. The maximum atomic E-state index is 12.6. The van der Waals surface area contributed by atoms with Gasteiger partial charge in [0.05, 0.1) is 17.5 Å². The molecule has 4 rings (SSSR count). The number of hydrogen-bond acceptors (Lipinski definition) is 6. The van der Waals surface area contributed by atoms with Crippen LogP contribution in [0.4, 0.5) is 0 Å². The van der Waals surface area contributed by atoms with Crippen LogP contribution in [0.1, 0.15) is 26.9 Å². The summed E-state index contributed by atoms with van der Waals surface area (Å²) < 4.78 is 22.7. The van der Waals surface area contributed by atoms with Gasteiger partial charge in [-0.2, -0.15) is 0 Å². The number of fused-ring (bicyclic) bond motifs is 1. The number of benzene rings is 1. The molecule has 0 unspecified atom stereocenters. The minimum absolute atomic E-state index is 0.00334. The van der Waals surface area contributed by atoms with Gasteiger partial charge < -0.3 is 5.32 Å². The molecule has 1 aromatic carbocycles. The van der Waals surface area contributed by atoms with Crippen LogP contribution in [0.25, 0.3) is 0 Å². The molecule has 0 radical (unpaired) electrons. The molecule has 0 bridgehead atoms. The number of nitrogens with zero attached hydrogens (tertiary/aromatic N) is 1. The monoisotopic (exact) mass is 461 g/mol. The summed E-state index contributed by atoms with van der Waals surface area (Å²) >= 11 is 3.52. The predicted octanol–water partition coefficient (Wildman–Crippen LogP) is 2.76. The lowest BCUT2D eigenvalue weighted by Crippen LogP contribution is -2.42. The summed E-state index contributed by atoms with van der Waals surface area (Å²) in [6.07, 6.45) is 1.60. The summed E-state index contributed by atoms with van der Waals surface area (Å²) in [5, 5.41) is 12.3. The fraction of sp³-hybridized carbons (Fsp3) is 0.286. The molecular formula is C21H23N3O3S3. The molecule has 1 aliphatic rings. The summed E-state index contributed by atoms with van der Waals surface area (Å²) in [5.74, 6) is -0.00334. The van der Waals surface area contributed by atoms with Crippen molar-refractivity contribution in [2.75, 3.05) is 19.6 Å². The Morgan fingerprint density at radius 3 is 2.63 bits per heavy atom. The molecule has 0 saturated carbocycles. The molecule has 30 heavy (non-hydrogen) atoms. The minimum Gasteiger partial charge on any atom is -0.355 e. The summed E-state index contributed by atoms with van der Waals surface area (Å²) in [6.45, 7) is 1.70. The minimum atomic E-state index is -3.68. The molecule has 1 amide bonds. The number of carbonyl (C=O) groups is 1. The molecule has 1 aliphatic heterocycles. The Labute approximate surface area is 184 Å². The van der Waals surface area contributed by atoms with E-state index in [0.29, 0.717) is 19.5 Å². The second-order valence-electron chi connectivity index (χ2n) is 7.23. The third kappa shape index (κ3) is 4.81. The Morgan fingerprint density at radius 1 is 1.13 bits per heavy atom. The van der Waals surface area contributed by atoms with Gasteiger partial charge in [0.15, 0.2) is 0 Å². The van der Waals surface area contributed by atoms with E-state index in [4.69, 9.17) is 5.14 Å². The van der Waals surface area contributed by atoms with Gasteiger partial charge in [-0.1, -0.05) is 18.2 Å². The van der Waals surface area contributed by atoms with Crippen molar-refractivity contribution >= 4 is 38.6 Å². The fourth-order valence-corrected chi connectivity index (χ4v) is 6.05. The molecule has 1 atom stereocenters. The van der Waals surface area contributed by atoms with Crippen molar-refractivity contribution < 1.29 is 13.2 Å². The number of thiophene rings is 2. The fourth-order valence-electron chi connectivity index (χ4n) is 3.75. The molecule has 2 aromatic heterocycles. The average molecular weight is 462 g/mol. The predicted molar refractivity (Wildman–Crippen MR) is 120 cm³/mol. The summed E-state index contributed by atoms with van der Waals surface area (Å²) in [4.78, 5) is 17.6. The van der Waals surface area contributed by atoms with Gasteiger partial charge in [-0.25, -0.2) is 13.6 Å². The molecule has 0 fully saturated rings. The van der Waals surface area contributed by atoms with Crippen LogP contribution in [-0.4, -0.2) is 38.9 Å². The lowest BCUT2D eigenvalue weighted by atomic mass is 9.98. The smallest absolute Gasteiger partial charge is 0.238 e. The van der Waals surface area contributed by atoms with E-state index in [-0.39, 0.29) is 16.8 Å². The van der Waals surface area contributed by atoms with Crippen molar-refractivity contribution in [2.24, 2.45) is 5.14 Å². The van der Waals surface area contributed by atoms with Gasteiger partial charge in [0.2, 0.25) is 15.9 Å². The third-order valence-electron chi connectivity index (χ3n) is 5.21. The number of sulfonamides is 1. The van der Waals surface area contributed by atoms with Crippen molar-refractivity contribution in [3.63, 3.8) is 0 Å². The highest BCUT2D eigenvalue weighted by Crippen LogP contribution is 2.39. The highest BCUT2D eigenvalue weighted by molar-refractivity contribution is 7.89. The maximum absolute atomic E-state index is 12.6. The van der Waals surface area contributed by atoms with Gasteiger partial charge in [-0.15, -0.1) is 22.7 Å². The van der Waals surface area contributed by atoms with Crippen LogP contribution in [0.2, 0.25) is 0 Å². The Hall–Kier alpha value is -2.04. The highest BCUT2D eigenvalue weighted by atomic mass is 32.2. The first-order chi connectivity index (χ1) is 14.4. The summed E-state index contributed by atoms with van der Waals surface area (Å²) in [6, 6.07) is 12.9. The Morgan fingerprint density at radius 2 is 1.93 bits per heavy atom. The number of carbonyl (C=O) groups excluding carboxylic acids is 1. The number of nitrogens with two attached hydrogens (primary N) is 1. The average Bonchev–Trinajstić information content (AvgIpc) is 3.39. The first-order valence-electron chi connectivity index (χ1n) is 9.64. The lowest BCUT2D eigenvalue weighted by molar-refractivity contribution is -0.122. The molecule has 3 aromatic rings. The van der Waals surface area contributed by atoms with Crippen molar-refractivity contribution in [2.45, 2.75) is 23.8 Å².